The lowest BCUT2D eigenvalue weighted by molar-refractivity contribution is -0.757. The van der Waals surface area contributed by atoms with Gasteiger partial charge in [-0.05, 0) is 73.3 Å². The summed E-state index contributed by atoms with van der Waals surface area (Å²) in [4.78, 5) is 2.38. The Hall–Kier alpha value is -5.61. The molecule has 7 aromatic rings. The minimum Gasteiger partial charge on any atom is -0.458 e. The molecule has 4 heterocycles. The molecule has 0 saturated carbocycles. The Balaban J connectivity index is 1.24. The van der Waals surface area contributed by atoms with Crippen LogP contribution in [0.2, 0.25) is 0 Å². The van der Waals surface area contributed by atoms with Crippen LogP contribution in [0.4, 0.5) is 11.4 Å². The molecule has 49 heavy (non-hydrogen) atoms. The molecule has 240 valence electrons. The van der Waals surface area contributed by atoms with Gasteiger partial charge in [-0.2, -0.15) is 4.57 Å². The lowest BCUT2D eigenvalue weighted by Crippen LogP contribution is -2.60. The second kappa shape index (κ2) is 11.2. The van der Waals surface area contributed by atoms with Crippen molar-refractivity contribution >= 4 is 44.0 Å². The van der Waals surface area contributed by atoms with E-state index in [4.69, 9.17) is 4.74 Å². The number of aromatic nitrogens is 2. The van der Waals surface area contributed by atoms with Crippen molar-refractivity contribution < 1.29 is 9.30 Å². The predicted molar refractivity (Wildman–Crippen MR) is 203 cm³/mol. The molecule has 0 bridgehead atoms. The standard InChI is InChI=1S/C45H40N3O/c1-5-14-39-30(4)49-43-28-34(48-40-19-12-10-17-36(40)37-18-11-13-20-41(37)48)23-24-42(43)47(39)33-22-21-32-29-45(6-2,7-3)46-26-25-31-15-8-9-16-35(31)44(46)38(32)27-33/h5,8-28H,6-7,29H2,1-4H3/q+1. The summed E-state index contributed by atoms with van der Waals surface area (Å²) in [5, 5.41) is 5.07. The maximum absolute atomic E-state index is 6.66. The number of nitrogens with zero attached hydrogens (tertiary/aromatic N) is 3. The van der Waals surface area contributed by atoms with E-state index in [0.717, 1.165) is 53.5 Å². The number of allylic oxidation sites excluding steroid dienone is 3. The number of pyridine rings is 1. The summed E-state index contributed by atoms with van der Waals surface area (Å²) in [6.45, 7) is 8.82. The SMILES string of the molecule is CC=CC1=C(C)Oc2cc(-n3c4ccccc4c4ccccc43)ccc2N1c1ccc2c(c1)-c1c3ccccc3cc[n+]1C(CC)(CC)C2. The van der Waals surface area contributed by atoms with Crippen LogP contribution < -0.4 is 14.2 Å². The molecule has 0 spiro atoms. The second-order valence-electron chi connectivity index (χ2n) is 13.5. The molecule has 0 amide bonds. The summed E-state index contributed by atoms with van der Waals surface area (Å²) in [6.07, 6.45) is 9.77. The molecule has 2 aliphatic heterocycles. The highest BCUT2D eigenvalue weighted by Gasteiger charge is 2.44. The monoisotopic (exact) mass is 638 g/mol. The van der Waals surface area contributed by atoms with Crippen LogP contribution >= 0.6 is 0 Å². The van der Waals surface area contributed by atoms with Crippen molar-refractivity contribution in [1.29, 1.82) is 0 Å². The van der Waals surface area contributed by atoms with E-state index in [0.29, 0.717) is 0 Å². The molecule has 0 N–H and O–H groups in total. The molecule has 0 aliphatic carbocycles. The highest BCUT2D eigenvalue weighted by atomic mass is 16.5. The van der Waals surface area contributed by atoms with Gasteiger partial charge in [0.2, 0.25) is 5.69 Å². The first-order valence-electron chi connectivity index (χ1n) is 17.6. The van der Waals surface area contributed by atoms with E-state index in [1.807, 2.05) is 0 Å². The maximum Gasteiger partial charge on any atom is 0.221 e. The van der Waals surface area contributed by atoms with Crippen LogP contribution in [-0.4, -0.2) is 4.57 Å². The van der Waals surface area contributed by atoms with Gasteiger partial charge in [0.1, 0.15) is 5.76 Å². The molecule has 9 rings (SSSR count). The average molecular weight is 639 g/mol. The minimum atomic E-state index is 0.0508. The Morgan fingerprint density at radius 2 is 1.43 bits per heavy atom. The van der Waals surface area contributed by atoms with Crippen LogP contribution in [0.15, 0.2) is 145 Å². The van der Waals surface area contributed by atoms with Crippen LogP contribution in [0.1, 0.15) is 46.1 Å². The highest BCUT2D eigenvalue weighted by molar-refractivity contribution is 6.09. The maximum atomic E-state index is 6.66. The third-order valence-corrected chi connectivity index (χ3v) is 11.0. The van der Waals surface area contributed by atoms with Crippen LogP contribution in [0, 0.1) is 0 Å². The van der Waals surface area contributed by atoms with Gasteiger partial charge < -0.3 is 14.2 Å². The van der Waals surface area contributed by atoms with Gasteiger partial charge in [-0.3, -0.25) is 0 Å². The van der Waals surface area contributed by atoms with Crippen LogP contribution in [0.25, 0.3) is 49.5 Å². The lowest BCUT2D eigenvalue weighted by Gasteiger charge is -2.36. The number of rotatable bonds is 5. The Kier molecular flexibility index (Phi) is 6.77. The summed E-state index contributed by atoms with van der Waals surface area (Å²) in [6, 6.07) is 42.2. The largest absolute Gasteiger partial charge is 0.458 e. The lowest BCUT2D eigenvalue weighted by atomic mass is 9.78. The molecule has 0 atom stereocenters. The van der Waals surface area contributed by atoms with E-state index < -0.39 is 0 Å². The van der Waals surface area contributed by atoms with E-state index in [1.165, 1.54) is 49.4 Å². The quantitative estimate of drug-likeness (QED) is 0.175. The third kappa shape index (κ3) is 4.33. The molecular weight excluding hydrogens is 599 g/mol. The number of para-hydroxylation sites is 2. The number of ether oxygens (including phenoxy) is 1. The molecule has 4 nitrogen and oxygen atoms in total. The van der Waals surface area contributed by atoms with Crippen LogP contribution in [0.3, 0.4) is 0 Å². The van der Waals surface area contributed by atoms with E-state index in [2.05, 4.69) is 175 Å². The van der Waals surface area contributed by atoms with Crippen molar-refractivity contribution in [1.82, 2.24) is 4.57 Å². The number of anilines is 2. The van der Waals surface area contributed by atoms with Gasteiger partial charge in [-0.1, -0.05) is 80.6 Å². The smallest absolute Gasteiger partial charge is 0.221 e. The minimum absolute atomic E-state index is 0.0508. The van der Waals surface area contributed by atoms with Gasteiger partial charge in [0.25, 0.3) is 0 Å². The third-order valence-electron chi connectivity index (χ3n) is 11.0. The van der Waals surface area contributed by atoms with Crippen molar-refractivity contribution in [3.05, 3.63) is 151 Å². The summed E-state index contributed by atoms with van der Waals surface area (Å²) in [7, 11) is 0. The Labute approximate surface area is 287 Å². The van der Waals surface area contributed by atoms with Crippen molar-refractivity contribution in [2.75, 3.05) is 4.90 Å². The first kappa shape index (κ1) is 29.5. The van der Waals surface area contributed by atoms with Crippen molar-refractivity contribution in [2.24, 2.45) is 0 Å². The van der Waals surface area contributed by atoms with Gasteiger partial charge in [0.05, 0.1) is 39.1 Å². The van der Waals surface area contributed by atoms with Crippen molar-refractivity contribution in [2.45, 2.75) is 52.5 Å². The summed E-state index contributed by atoms with van der Waals surface area (Å²) < 4.78 is 11.6. The Bertz CT molecular complexity index is 2460. The van der Waals surface area contributed by atoms with Gasteiger partial charge in [-0.25, -0.2) is 0 Å². The molecule has 2 aromatic heterocycles. The molecule has 4 heteroatoms. The number of hydrogen-bond donors (Lipinski definition) is 0. The summed E-state index contributed by atoms with van der Waals surface area (Å²) in [5.74, 6) is 1.72. The van der Waals surface area contributed by atoms with Crippen molar-refractivity contribution in [3.8, 4) is 22.7 Å². The average Bonchev–Trinajstić information content (AvgIpc) is 3.48. The van der Waals surface area contributed by atoms with Gasteiger partial charge >= 0.3 is 0 Å². The molecule has 0 radical (unpaired) electrons. The fourth-order valence-corrected chi connectivity index (χ4v) is 8.49. The van der Waals surface area contributed by atoms with Gasteiger partial charge in [-0.15, -0.1) is 0 Å². The molecule has 0 unspecified atom stereocenters. The van der Waals surface area contributed by atoms with E-state index in [1.54, 1.807) is 0 Å². The topological polar surface area (TPSA) is 21.3 Å². The van der Waals surface area contributed by atoms with Crippen molar-refractivity contribution in [3.63, 3.8) is 0 Å². The molecule has 0 saturated heterocycles. The second-order valence-corrected chi connectivity index (χ2v) is 13.5. The zero-order valence-electron chi connectivity index (χ0n) is 28.6. The fourth-order valence-electron chi connectivity index (χ4n) is 8.49. The molecule has 5 aromatic carbocycles. The number of hydrogen-bond acceptors (Lipinski definition) is 2. The fraction of sp³-hybridized carbons (Fsp3) is 0.178. The van der Waals surface area contributed by atoms with E-state index in [-0.39, 0.29) is 5.54 Å². The zero-order chi connectivity index (χ0) is 33.3. The first-order valence-corrected chi connectivity index (χ1v) is 17.6. The molecular formula is C45H40N3O+. The van der Waals surface area contributed by atoms with Crippen LogP contribution in [0.5, 0.6) is 5.75 Å². The normalized spacial score (nSPS) is 15.1. The Morgan fingerprint density at radius 3 is 2.14 bits per heavy atom. The molecule has 0 fully saturated rings. The number of fused-ring (bicyclic) bond motifs is 9. The Morgan fingerprint density at radius 1 is 0.755 bits per heavy atom. The van der Waals surface area contributed by atoms with E-state index >= 15 is 0 Å². The highest BCUT2D eigenvalue weighted by Crippen LogP contribution is 2.47. The molecule has 2 aliphatic rings. The van der Waals surface area contributed by atoms with Gasteiger partial charge in [0, 0.05) is 47.9 Å². The number of benzene rings is 5. The summed E-state index contributed by atoms with van der Waals surface area (Å²) in [5.41, 5.74) is 10.7. The zero-order valence-corrected chi connectivity index (χ0v) is 28.6. The predicted octanol–water partition coefficient (Wildman–Crippen LogP) is 11.3. The van der Waals surface area contributed by atoms with E-state index in [9.17, 15) is 0 Å². The first-order chi connectivity index (χ1) is 24.0. The summed E-state index contributed by atoms with van der Waals surface area (Å²) >= 11 is 0. The van der Waals surface area contributed by atoms with Crippen LogP contribution in [-0.2, 0) is 12.0 Å². The van der Waals surface area contributed by atoms with Gasteiger partial charge in [0.15, 0.2) is 17.5 Å².